The first-order valence-corrected chi connectivity index (χ1v) is 5.45. The number of amides is 1. The van der Waals surface area contributed by atoms with Gasteiger partial charge in [-0.15, -0.1) is 0 Å². The van der Waals surface area contributed by atoms with E-state index >= 15 is 0 Å². The molecule has 0 N–H and O–H groups in total. The third-order valence-electron chi connectivity index (χ3n) is 2.83. The standard InChI is InChI=1S/C10H14N6O/c1-15-5-9(4-13-15)7-16-6-8(2-10(16)17)3-12-14-11/h4-5,8H,2-3,6-7H2,1H3. The predicted octanol–water partition coefficient (Wildman–Crippen LogP) is 1.08. The Morgan fingerprint density at radius 1 is 1.71 bits per heavy atom. The summed E-state index contributed by atoms with van der Waals surface area (Å²) >= 11 is 0. The Hall–Kier alpha value is -2.01. The minimum atomic E-state index is 0.118. The van der Waals surface area contributed by atoms with E-state index in [0.717, 1.165) is 5.56 Å². The molecule has 1 aromatic rings. The highest BCUT2D eigenvalue weighted by molar-refractivity contribution is 5.78. The van der Waals surface area contributed by atoms with Gasteiger partial charge in [0.25, 0.3) is 0 Å². The lowest BCUT2D eigenvalue weighted by atomic mass is 10.1. The fourth-order valence-corrected chi connectivity index (χ4v) is 2.05. The Balaban J connectivity index is 1.94. The van der Waals surface area contributed by atoms with Crippen molar-refractivity contribution in [1.29, 1.82) is 0 Å². The number of hydrogen-bond donors (Lipinski definition) is 0. The summed E-state index contributed by atoms with van der Waals surface area (Å²) in [6, 6.07) is 0. The van der Waals surface area contributed by atoms with E-state index in [4.69, 9.17) is 5.53 Å². The second-order valence-corrected chi connectivity index (χ2v) is 4.28. The minimum absolute atomic E-state index is 0.118. The fraction of sp³-hybridized carbons (Fsp3) is 0.600. The summed E-state index contributed by atoms with van der Waals surface area (Å²) in [5.74, 6) is 0.266. The van der Waals surface area contributed by atoms with Crippen LogP contribution in [0, 0.1) is 5.92 Å². The van der Waals surface area contributed by atoms with Crippen LogP contribution in [0.3, 0.4) is 0 Å². The van der Waals surface area contributed by atoms with Crippen molar-refractivity contribution >= 4 is 5.91 Å². The van der Waals surface area contributed by atoms with Crippen molar-refractivity contribution in [1.82, 2.24) is 14.7 Å². The topological polar surface area (TPSA) is 86.9 Å². The zero-order chi connectivity index (χ0) is 12.3. The molecule has 0 radical (unpaired) electrons. The molecule has 1 saturated heterocycles. The molecule has 1 fully saturated rings. The third kappa shape index (κ3) is 2.76. The number of aromatic nitrogens is 2. The molecule has 17 heavy (non-hydrogen) atoms. The largest absolute Gasteiger partial charge is 0.338 e. The summed E-state index contributed by atoms with van der Waals surface area (Å²) in [7, 11) is 1.85. The second kappa shape index (κ2) is 4.88. The molecule has 2 heterocycles. The van der Waals surface area contributed by atoms with Crippen molar-refractivity contribution in [3.8, 4) is 0 Å². The minimum Gasteiger partial charge on any atom is -0.338 e. The van der Waals surface area contributed by atoms with Crippen molar-refractivity contribution in [2.75, 3.05) is 13.1 Å². The molecular weight excluding hydrogens is 220 g/mol. The van der Waals surface area contributed by atoms with Gasteiger partial charge < -0.3 is 4.90 Å². The van der Waals surface area contributed by atoms with E-state index in [-0.39, 0.29) is 11.8 Å². The summed E-state index contributed by atoms with van der Waals surface area (Å²) in [5, 5.41) is 7.58. The van der Waals surface area contributed by atoms with Gasteiger partial charge in [0.1, 0.15) is 0 Å². The molecule has 1 atom stereocenters. The molecule has 1 aliphatic rings. The van der Waals surface area contributed by atoms with Gasteiger partial charge >= 0.3 is 0 Å². The molecule has 0 aromatic carbocycles. The molecule has 1 amide bonds. The molecule has 0 saturated carbocycles. The van der Waals surface area contributed by atoms with Gasteiger partial charge in [0.2, 0.25) is 5.91 Å². The van der Waals surface area contributed by atoms with Gasteiger partial charge in [0, 0.05) is 49.8 Å². The summed E-state index contributed by atoms with van der Waals surface area (Å²) < 4.78 is 1.72. The molecule has 0 bridgehead atoms. The van der Waals surface area contributed by atoms with Crippen LogP contribution in [0.1, 0.15) is 12.0 Å². The molecule has 0 spiro atoms. The van der Waals surface area contributed by atoms with E-state index in [1.807, 2.05) is 13.2 Å². The number of aryl methyl sites for hydroxylation is 1. The highest BCUT2D eigenvalue weighted by Gasteiger charge is 2.28. The van der Waals surface area contributed by atoms with Crippen molar-refractivity contribution < 1.29 is 4.79 Å². The monoisotopic (exact) mass is 234 g/mol. The van der Waals surface area contributed by atoms with Gasteiger partial charge in [0.15, 0.2) is 0 Å². The van der Waals surface area contributed by atoms with Crippen LogP contribution in [0.15, 0.2) is 17.5 Å². The molecule has 0 aliphatic carbocycles. The van der Waals surface area contributed by atoms with Crippen LogP contribution >= 0.6 is 0 Å². The lowest BCUT2D eigenvalue weighted by Gasteiger charge is -2.14. The van der Waals surface area contributed by atoms with Gasteiger partial charge in [-0.25, -0.2) is 0 Å². The van der Waals surface area contributed by atoms with Crippen LogP contribution in [0.5, 0.6) is 0 Å². The van der Waals surface area contributed by atoms with E-state index in [1.54, 1.807) is 15.8 Å². The van der Waals surface area contributed by atoms with Gasteiger partial charge in [0.05, 0.1) is 6.20 Å². The summed E-state index contributed by atoms with van der Waals surface area (Å²) in [5.41, 5.74) is 9.26. The van der Waals surface area contributed by atoms with Crippen LogP contribution in [-0.4, -0.2) is 33.7 Å². The molecule has 90 valence electrons. The quantitative estimate of drug-likeness (QED) is 0.443. The van der Waals surface area contributed by atoms with Gasteiger partial charge in [-0.1, -0.05) is 5.11 Å². The van der Waals surface area contributed by atoms with Crippen molar-refractivity contribution in [2.24, 2.45) is 18.1 Å². The lowest BCUT2D eigenvalue weighted by Crippen LogP contribution is -2.24. The molecule has 1 aliphatic heterocycles. The van der Waals surface area contributed by atoms with Gasteiger partial charge in [-0.05, 0) is 11.4 Å². The van der Waals surface area contributed by atoms with Crippen molar-refractivity contribution in [3.05, 3.63) is 28.4 Å². The van der Waals surface area contributed by atoms with E-state index in [1.165, 1.54) is 0 Å². The number of carbonyl (C=O) groups is 1. The maximum Gasteiger partial charge on any atom is 0.223 e. The summed E-state index contributed by atoms with van der Waals surface area (Å²) in [6.07, 6.45) is 4.13. The third-order valence-corrected chi connectivity index (χ3v) is 2.83. The zero-order valence-corrected chi connectivity index (χ0v) is 9.65. The van der Waals surface area contributed by atoms with Crippen molar-refractivity contribution in [3.63, 3.8) is 0 Å². The van der Waals surface area contributed by atoms with Crippen LogP contribution in [0.25, 0.3) is 10.4 Å². The maximum absolute atomic E-state index is 11.7. The lowest BCUT2D eigenvalue weighted by molar-refractivity contribution is -0.128. The molecular formula is C10H14N6O. The van der Waals surface area contributed by atoms with Crippen LogP contribution in [-0.2, 0) is 18.4 Å². The highest BCUT2D eigenvalue weighted by Crippen LogP contribution is 2.20. The summed E-state index contributed by atoms with van der Waals surface area (Å²) in [6.45, 7) is 1.64. The molecule has 1 unspecified atom stereocenters. The summed E-state index contributed by atoms with van der Waals surface area (Å²) in [4.78, 5) is 16.2. The van der Waals surface area contributed by atoms with E-state index in [2.05, 4.69) is 15.1 Å². The average Bonchev–Trinajstić information content (AvgIpc) is 2.84. The Morgan fingerprint density at radius 2 is 2.53 bits per heavy atom. The zero-order valence-electron chi connectivity index (χ0n) is 9.65. The number of likely N-dealkylation sites (tertiary alicyclic amines) is 1. The first kappa shape index (κ1) is 11.5. The Labute approximate surface area is 98.6 Å². The van der Waals surface area contributed by atoms with Gasteiger partial charge in [-0.2, -0.15) is 5.10 Å². The van der Waals surface area contributed by atoms with E-state index in [9.17, 15) is 4.79 Å². The average molecular weight is 234 g/mol. The molecule has 2 rings (SSSR count). The Bertz CT molecular complexity index is 461. The SMILES string of the molecule is Cn1cc(CN2CC(CN=[N+]=[N-])CC2=O)cn1. The second-order valence-electron chi connectivity index (χ2n) is 4.28. The van der Waals surface area contributed by atoms with Gasteiger partial charge in [-0.3, -0.25) is 9.48 Å². The maximum atomic E-state index is 11.7. The van der Waals surface area contributed by atoms with Crippen LogP contribution in [0.2, 0.25) is 0 Å². The first-order chi connectivity index (χ1) is 8.19. The number of carbonyl (C=O) groups excluding carboxylic acids is 1. The fourth-order valence-electron chi connectivity index (χ4n) is 2.05. The number of hydrogen-bond acceptors (Lipinski definition) is 3. The normalized spacial score (nSPS) is 19.5. The van der Waals surface area contributed by atoms with Crippen molar-refractivity contribution in [2.45, 2.75) is 13.0 Å². The number of azide groups is 1. The molecule has 7 nitrogen and oxygen atoms in total. The number of nitrogens with zero attached hydrogens (tertiary/aromatic N) is 6. The van der Waals surface area contributed by atoms with Crippen LogP contribution < -0.4 is 0 Å². The van der Waals surface area contributed by atoms with Crippen LogP contribution in [0.4, 0.5) is 0 Å². The highest BCUT2D eigenvalue weighted by atomic mass is 16.2. The Morgan fingerprint density at radius 3 is 3.18 bits per heavy atom. The predicted molar refractivity (Wildman–Crippen MR) is 60.7 cm³/mol. The Kier molecular flexibility index (Phi) is 3.30. The number of rotatable bonds is 4. The molecule has 7 heteroatoms. The smallest absolute Gasteiger partial charge is 0.223 e. The first-order valence-electron chi connectivity index (χ1n) is 5.45. The van der Waals surface area contributed by atoms with E-state index in [0.29, 0.717) is 26.1 Å². The van der Waals surface area contributed by atoms with E-state index < -0.39 is 0 Å². The molecule has 1 aromatic heterocycles.